The summed E-state index contributed by atoms with van der Waals surface area (Å²) in [4.78, 5) is 0. The van der Waals surface area contributed by atoms with E-state index in [-0.39, 0.29) is 18.6 Å². The lowest BCUT2D eigenvalue weighted by atomic mass is 10.7. The minimum absolute atomic E-state index is 0. The summed E-state index contributed by atoms with van der Waals surface area (Å²) in [6.45, 7) is 3.94. The van der Waals surface area contributed by atoms with Gasteiger partial charge in [0, 0.05) is 6.54 Å². The highest BCUT2D eigenvalue weighted by Gasteiger charge is 1.43. The smallest absolute Gasteiger partial charge is 0.0104 e. The average molecular weight is 111 g/mol. The number of rotatable bonds is 1. The third-order valence-electron chi connectivity index (χ3n) is 0.167. The predicted octanol–water partition coefficient (Wildman–Crippen LogP) is 0.715. The van der Waals surface area contributed by atoms with Crippen LogP contribution in [-0.4, -0.2) is 6.54 Å². The van der Waals surface area contributed by atoms with Crippen LogP contribution < -0.4 is 11.9 Å². The lowest BCUT2D eigenvalue weighted by Crippen LogP contribution is -1.90. The molecule has 0 bridgehead atoms. The van der Waals surface area contributed by atoms with Crippen LogP contribution in [0.5, 0.6) is 0 Å². The Hall–Kier alpha value is -0.0500. The van der Waals surface area contributed by atoms with Gasteiger partial charge in [0.05, 0.1) is 0 Å². The zero-order valence-corrected chi connectivity index (χ0v) is 4.50. The average Bonchev–Trinajstić information content (AvgIpc) is 1.37. The molecule has 0 aliphatic heterocycles. The van der Waals surface area contributed by atoms with Crippen molar-refractivity contribution >= 4 is 12.4 Å². The van der Waals surface area contributed by atoms with Gasteiger partial charge in [-0.3, -0.25) is 0 Å². The Balaban J connectivity index is -0.0000000450. The van der Waals surface area contributed by atoms with Crippen molar-refractivity contribution in [3.05, 3.63) is 12.7 Å². The molecule has 0 spiro atoms. The fourth-order valence-corrected chi connectivity index (χ4v) is 0. The van der Waals surface area contributed by atoms with Crippen molar-refractivity contribution in [3.8, 4) is 0 Å². The monoisotopic (exact) mass is 110 g/mol. The molecule has 2 nitrogen and oxygen atoms in total. The maximum atomic E-state index is 4.91. The van der Waals surface area contributed by atoms with E-state index in [1.54, 1.807) is 6.08 Å². The molecule has 0 amide bonds. The maximum absolute atomic E-state index is 4.91. The van der Waals surface area contributed by atoms with Gasteiger partial charge in [-0.2, -0.15) is 0 Å². The van der Waals surface area contributed by atoms with Gasteiger partial charge >= 0.3 is 0 Å². The van der Waals surface area contributed by atoms with Gasteiger partial charge in [0.2, 0.25) is 0 Å². The van der Waals surface area contributed by atoms with Gasteiger partial charge in [-0.1, -0.05) is 6.08 Å². The van der Waals surface area contributed by atoms with Crippen molar-refractivity contribution in [1.29, 1.82) is 0 Å². The molecule has 0 radical (unpaired) electrons. The molecule has 6 heavy (non-hydrogen) atoms. The second kappa shape index (κ2) is 20.3. The molecule has 3 heteroatoms. The SMILES string of the molecule is C=CCN.Cl.N. The van der Waals surface area contributed by atoms with Crippen LogP contribution in [0.15, 0.2) is 12.7 Å². The highest BCUT2D eigenvalue weighted by Crippen LogP contribution is 1.40. The molecule has 0 atom stereocenters. The van der Waals surface area contributed by atoms with Crippen LogP contribution in [0.2, 0.25) is 0 Å². The first-order valence-corrected chi connectivity index (χ1v) is 1.22. The van der Waals surface area contributed by atoms with Crippen molar-refractivity contribution in [1.82, 2.24) is 6.15 Å². The van der Waals surface area contributed by atoms with Crippen molar-refractivity contribution in [2.75, 3.05) is 6.54 Å². The summed E-state index contributed by atoms with van der Waals surface area (Å²) in [5, 5.41) is 0. The Morgan fingerprint density at radius 3 is 1.83 bits per heavy atom. The van der Waals surface area contributed by atoms with Crippen LogP contribution in [0.3, 0.4) is 0 Å². The van der Waals surface area contributed by atoms with E-state index in [4.69, 9.17) is 5.73 Å². The van der Waals surface area contributed by atoms with Crippen molar-refractivity contribution < 1.29 is 0 Å². The summed E-state index contributed by atoms with van der Waals surface area (Å²) in [5.41, 5.74) is 4.91. The number of hydrogen-bond donors (Lipinski definition) is 2. The molecule has 0 heterocycles. The lowest BCUT2D eigenvalue weighted by Gasteiger charge is -1.61. The number of halogens is 1. The van der Waals surface area contributed by atoms with E-state index in [0.29, 0.717) is 6.54 Å². The van der Waals surface area contributed by atoms with Crippen LogP contribution in [0.25, 0.3) is 0 Å². The van der Waals surface area contributed by atoms with E-state index in [1.807, 2.05) is 0 Å². The Bertz CT molecular complexity index is 22.8. The Morgan fingerprint density at radius 2 is 1.83 bits per heavy atom. The second-order valence-corrected chi connectivity index (χ2v) is 0.524. The third kappa shape index (κ3) is 38.1. The largest absolute Gasteiger partial charge is 0.344 e. The Kier molecular flexibility index (Phi) is 56.7. The zero-order valence-electron chi connectivity index (χ0n) is 3.68. The zero-order chi connectivity index (χ0) is 3.41. The van der Waals surface area contributed by atoms with E-state index in [0.717, 1.165) is 0 Å². The second-order valence-electron chi connectivity index (χ2n) is 0.524. The predicted molar refractivity (Wildman–Crippen MR) is 31.5 cm³/mol. The summed E-state index contributed by atoms with van der Waals surface area (Å²) in [6.07, 6.45) is 1.65. The summed E-state index contributed by atoms with van der Waals surface area (Å²) in [6, 6.07) is 0. The molecule has 0 aromatic heterocycles. The molecular weight excluding hydrogens is 99.5 g/mol. The summed E-state index contributed by atoms with van der Waals surface area (Å²) < 4.78 is 0. The Labute approximate surface area is 44.4 Å². The molecule has 0 saturated carbocycles. The first-order valence-electron chi connectivity index (χ1n) is 1.22. The summed E-state index contributed by atoms with van der Waals surface area (Å²) >= 11 is 0. The quantitative estimate of drug-likeness (QED) is 0.489. The lowest BCUT2D eigenvalue weighted by molar-refractivity contribution is 1.26. The standard InChI is InChI=1S/C3H7N.ClH.H3N/c1-2-3-4;;/h2H,1,3-4H2;1H;1H3. The van der Waals surface area contributed by atoms with Crippen LogP contribution in [-0.2, 0) is 0 Å². The van der Waals surface area contributed by atoms with E-state index < -0.39 is 0 Å². The highest BCUT2D eigenvalue weighted by molar-refractivity contribution is 5.85. The summed E-state index contributed by atoms with van der Waals surface area (Å²) in [5.74, 6) is 0. The van der Waals surface area contributed by atoms with Gasteiger partial charge in [0.15, 0.2) is 0 Å². The van der Waals surface area contributed by atoms with Crippen molar-refractivity contribution in [2.24, 2.45) is 5.73 Å². The molecule has 0 saturated heterocycles. The van der Waals surface area contributed by atoms with E-state index in [2.05, 4.69) is 6.58 Å². The van der Waals surface area contributed by atoms with Crippen LogP contribution in [0.1, 0.15) is 0 Å². The van der Waals surface area contributed by atoms with Gasteiger partial charge in [-0.05, 0) is 0 Å². The molecular formula is C3H11ClN2. The fourth-order valence-electron chi connectivity index (χ4n) is 0. The Morgan fingerprint density at radius 1 is 1.67 bits per heavy atom. The van der Waals surface area contributed by atoms with Gasteiger partial charge < -0.3 is 11.9 Å². The third-order valence-corrected chi connectivity index (χ3v) is 0.167. The van der Waals surface area contributed by atoms with E-state index >= 15 is 0 Å². The summed E-state index contributed by atoms with van der Waals surface area (Å²) in [7, 11) is 0. The van der Waals surface area contributed by atoms with Crippen molar-refractivity contribution in [3.63, 3.8) is 0 Å². The minimum atomic E-state index is 0. The molecule has 0 aromatic rings. The van der Waals surface area contributed by atoms with Gasteiger partial charge in [0.1, 0.15) is 0 Å². The molecule has 40 valence electrons. The highest BCUT2D eigenvalue weighted by atomic mass is 35.5. The molecule has 0 rings (SSSR count). The van der Waals surface area contributed by atoms with Gasteiger partial charge in [-0.25, -0.2) is 0 Å². The topological polar surface area (TPSA) is 61.0 Å². The van der Waals surface area contributed by atoms with Gasteiger partial charge in [-0.15, -0.1) is 19.0 Å². The molecule has 0 aliphatic carbocycles. The minimum Gasteiger partial charge on any atom is -0.344 e. The molecule has 0 aromatic carbocycles. The molecule has 5 N–H and O–H groups in total. The van der Waals surface area contributed by atoms with E-state index in [9.17, 15) is 0 Å². The van der Waals surface area contributed by atoms with Gasteiger partial charge in [0.25, 0.3) is 0 Å². The van der Waals surface area contributed by atoms with Crippen LogP contribution >= 0.6 is 12.4 Å². The number of nitrogens with two attached hydrogens (primary N) is 1. The molecule has 0 unspecified atom stereocenters. The van der Waals surface area contributed by atoms with Crippen molar-refractivity contribution in [2.45, 2.75) is 0 Å². The van der Waals surface area contributed by atoms with Crippen LogP contribution in [0, 0.1) is 0 Å². The normalized spacial score (nSPS) is 4.17. The molecule has 0 fully saturated rings. The first-order chi connectivity index (χ1) is 1.91. The van der Waals surface area contributed by atoms with Crippen LogP contribution in [0.4, 0.5) is 0 Å². The maximum Gasteiger partial charge on any atom is 0.0104 e. The van der Waals surface area contributed by atoms with E-state index in [1.165, 1.54) is 0 Å². The molecule has 0 aliphatic rings. The first kappa shape index (κ1) is 16.8. The fraction of sp³-hybridized carbons (Fsp3) is 0.333. The number of hydrogen-bond acceptors (Lipinski definition) is 2.